The number of rotatable bonds is 3. The topological polar surface area (TPSA) is 75.9 Å². The molecule has 5 heteroatoms. The first-order valence-corrected chi connectivity index (χ1v) is 4.23. The summed E-state index contributed by atoms with van der Waals surface area (Å²) in [5.41, 5.74) is 0.260. The zero-order valence-corrected chi connectivity index (χ0v) is 7.29. The van der Waals surface area contributed by atoms with Gasteiger partial charge in [-0.25, -0.2) is 0 Å². The molecule has 5 nitrogen and oxygen atoms in total. The Morgan fingerprint density at radius 3 is 2.79 bits per heavy atom. The van der Waals surface area contributed by atoms with Gasteiger partial charge in [0.1, 0.15) is 12.2 Å². The number of aliphatic hydroxyl groups excluding tert-OH is 1. The van der Waals surface area contributed by atoms with Crippen molar-refractivity contribution < 1.29 is 14.8 Å². The predicted molar refractivity (Wildman–Crippen MR) is 47.8 cm³/mol. The van der Waals surface area contributed by atoms with Crippen LogP contribution in [0.3, 0.4) is 0 Å². The van der Waals surface area contributed by atoms with Crippen molar-refractivity contribution in [1.29, 1.82) is 0 Å². The molecule has 0 bridgehead atoms. The maximum absolute atomic E-state index is 10.6. The molecule has 0 amide bonds. The van der Waals surface area contributed by atoms with E-state index >= 15 is 0 Å². The third-order valence-corrected chi connectivity index (χ3v) is 2.16. The zero-order chi connectivity index (χ0) is 10.1. The van der Waals surface area contributed by atoms with Gasteiger partial charge in [-0.3, -0.25) is 10.1 Å². The maximum atomic E-state index is 10.6. The highest BCUT2D eigenvalue weighted by molar-refractivity contribution is 5.42. The smallest absolute Gasteiger partial charge is 0.275 e. The summed E-state index contributed by atoms with van der Waals surface area (Å²) in [6.45, 7) is 0.465. The van der Waals surface area contributed by atoms with Gasteiger partial charge in [-0.2, -0.15) is 0 Å². The monoisotopic (exact) mass is 195 g/mol. The van der Waals surface area contributed by atoms with Crippen molar-refractivity contribution in [3.05, 3.63) is 39.9 Å². The molecule has 0 radical (unpaired) electrons. The lowest BCUT2D eigenvalue weighted by molar-refractivity contribution is -0.386. The second-order valence-electron chi connectivity index (χ2n) is 3.13. The first-order valence-electron chi connectivity index (χ1n) is 4.23. The second kappa shape index (κ2) is 3.36. The quantitative estimate of drug-likeness (QED) is 0.444. The molecule has 0 aromatic heterocycles. The number of nitro groups is 1. The molecule has 0 aliphatic carbocycles. The molecule has 14 heavy (non-hydrogen) atoms. The van der Waals surface area contributed by atoms with E-state index in [0.29, 0.717) is 12.2 Å². The summed E-state index contributed by atoms with van der Waals surface area (Å²) in [6, 6.07) is 6.15. The van der Waals surface area contributed by atoms with Gasteiger partial charge in [0.15, 0.2) is 0 Å². The van der Waals surface area contributed by atoms with E-state index in [4.69, 9.17) is 4.74 Å². The second-order valence-corrected chi connectivity index (χ2v) is 3.13. The van der Waals surface area contributed by atoms with Crippen molar-refractivity contribution >= 4 is 5.69 Å². The van der Waals surface area contributed by atoms with Gasteiger partial charge >= 0.3 is 0 Å². The van der Waals surface area contributed by atoms with Gasteiger partial charge < -0.3 is 9.84 Å². The number of nitrogens with zero attached hydrogens (tertiary/aromatic N) is 1. The van der Waals surface area contributed by atoms with Crippen LogP contribution < -0.4 is 0 Å². The van der Waals surface area contributed by atoms with Crippen molar-refractivity contribution in [2.45, 2.75) is 12.2 Å². The normalized spacial score (nSPS) is 21.6. The number of hydrogen-bond donors (Lipinski definition) is 1. The highest BCUT2D eigenvalue weighted by Gasteiger charge is 2.35. The highest BCUT2D eigenvalue weighted by Crippen LogP contribution is 2.32. The SMILES string of the molecule is O=[N+]([O-])c1ccccc1C(O)C1CO1. The first kappa shape index (κ1) is 9.11. The summed E-state index contributed by atoms with van der Waals surface area (Å²) >= 11 is 0. The Morgan fingerprint density at radius 2 is 2.21 bits per heavy atom. The molecule has 2 rings (SSSR count). The molecule has 0 saturated carbocycles. The maximum Gasteiger partial charge on any atom is 0.275 e. The third kappa shape index (κ3) is 1.59. The minimum Gasteiger partial charge on any atom is -0.385 e. The van der Waals surface area contributed by atoms with Gasteiger partial charge in [0.25, 0.3) is 5.69 Å². The summed E-state index contributed by atoms with van der Waals surface area (Å²) in [7, 11) is 0. The molecule has 1 aliphatic heterocycles. The summed E-state index contributed by atoms with van der Waals surface area (Å²) in [5.74, 6) is 0. The third-order valence-electron chi connectivity index (χ3n) is 2.16. The van der Waals surface area contributed by atoms with E-state index in [-0.39, 0.29) is 11.8 Å². The van der Waals surface area contributed by atoms with E-state index in [9.17, 15) is 15.2 Å². The first-order chi connectivity index (χ1) is 6.70. The molecule has 1 heterocycles. The Bertz CT molecular complexity index is 362. The summed E-state index contributed by atoms with van der Waals surface area (Å²) in [6.07, 6.45) is -1.17. The Morgan fingerprint density at radius 1 is 1.57 bits per heavy atom. The van der Waals surface area contributed by atoms with Gasteiger partial charge in [-0.1, -0.05) is 12.1 Å². The Labute approximate surface area is 80.1 Å². The molecule has 1 aliphatic rings. The fraction of sp³-hybridized carbons (Fsp3) is 0.333. The van der Waals surface area contributed by atoms with E-state index < -0.39 is 11.0 Å². The van der Waals surface area contributed by atoms with Crippen LogP contribution in [0.5, 0.6) is 0 Å². The number of aliphatic hydroxyl groups is 1. The van der Waals surface area contributed by atoms with Gasteiger partial charge in [0.2, 0.25) is 0 Å². The fourth-order valence-electron chi connectivity index (χ4n) is 1.34. The van der Waals surface area contributed by atoms with Gasteiger partial charge in [-0.15, -0.1) is 0 Å². The largest absolute Gasteiger partial charge is 0.385 e. The number of epoxide rings is 1. The van der Waals surface area contributed by atoms with Crippen LogP contribution in [0.4, 0.5) is 5.69 Å². The Hall–Kier alpha value is -1.46. The minimum absolute atomic E-state index is 0.0597. The van der Waals surface area contributed by atoms with Gasteiger partial charge in [0.05, 0.1) is 17.1 Å². The molecular formula is C9H9NO4. The summed E-state index contributed by atoms with van der Waals surface area (Å²) in [5, 5.41) is 20.3. The van der Waals surface area contributed by atoms with E-state index in [1.165, 1.54) is 6.07 Å². The minimum atomic E-state index is -0.892. The zero-order valence-electron chi connectivity index (χ0n) is 7.29. The van der Waals surface area contributed by atoms with Gasteiger partial charge in [0, 0.05) is 6.07 Å². The van der Waals surface area contributed by atoms with Crippen molar-refractivity contribution in [3.63, 3.8) is 0 Å². The van der Waals surface area contributed by atoms with Crippen LogP contribution in [0, 0.1) is 10.1 Å². The van der Waals surface area contributed by atoms with Crippen molar-refractivity contribution in [2.24, 2.45) is 0 Å². The molecule has 74 valence electrons. The standard InChI is InChI=1S/C9H9NO4/c11-9(8-5-14-8)6-3-1-2-4-7(6)10(12)13/h1-4,8-9,11H,5H2. The fourth-order valence-corrected chi connectivity index (χ4v) is 1.34. The summed E-state index contributed by atoms with van der Waals surface area (Å²) in [4.78, 5) is 10.1. The number of benzene rings is 1. The van der Waals surface area contributed by atoms with E-state index in [1.54, 1.807) is 18.2 Å². The molecule has 2 unspecified atom stereocenters. The van der Waals surface area contributed by atoms with E-state index in [2.05, 4.69) is 0 Å². The predicted octanol–water partition coefficient (Wildman–Crippen LogP) is 1.03. The number of hydrogen-bond acceptors (Lipinski definition) is 4. The Kier molecular flexibility index (Phi) is 2.18. The molecule has 1 aromatic carbocycles. The lowest BCUT2D eigenvalue weighted by Crippen LogP contribution is -2.07. The van der Waals surface area contributed by atoms with Gasteiger partial charge in [-0.05, 0) is 6.07 Å². The van der Waals surface area contributed by atoms with Crippen LogP contribution in [0.2, 0.25) is 0 Å². The molecule has 2 atom stereocenters. The van der Waals surface area contributed by atoms with Crippen LogP contribution in [0.15, 0.2) is 24.3 Å². The number of ether oxygens (including phenoxy) is 1. The van der Waals surface area contributed by atoms with Crippen molar-refractivity contribution in [3.8, 4) is 0 Å². The van der Waals surface area contributed by atoms with Crippen LogP contribution in [-0.2, 0) is 4.74 Å². The van der Waals surface area contributed by atoms with Crippen LogP contribution in [-0.4, -0.2) is 22.7 Å². The molecule has 1 N–H and O–H groups in total. The molecular weight excluding hydrogens is 186 g/mol. The van der Waals surface area contributed by atoms with Crippen LogP contribution in [0.25, 0.3) is 0 Å². The van der Waals surface area contributed by atoms with E-state index in [1.807, 2.05) is 0 Å². The molecule has 1 saturated heterocycles. The molecule has 1 fully saturated rings. The number of nitro benzene ring substituents is 1. The highest BCUT2D eigenvalue weighted by atomic mass is 16.6. The van der Waals surface area contributed by atoms with Crippen molar-refractivity contribution in [2.75, 3.05) is 6.61 Å². The van der Waals surface area contributed by atoms with Crippen molar-refractivity contribution in [1.82, 2.24) is 0 Å². The number of para-hydroxylation sites is 1. The molecule has 0 spiro atoms. The average molecular weight is 195 g/mol. The van der Waals surface area contributed by atoms with E-state index in [0.717, 1.165) is 0 Å². The summed E-state index contributed by atoms with van der Waals surface area (Å²) < 4.78 is 4.89. The Balaban J connectivity index is 2.34. The lowest BCUT2D eigenvalue weighted by atomic mass is 10.1. The van der Waals surface area contributed by atoms with Crippen LogP contribution in [0.1, 0.15) is 11.7 Å². The van der Waals surface area contributed by atoms with Crippen LogP contribution >= 0.6 is 0 Å². The molecule has 1 aromatic rings. The average Bonchev–Trinajstić information content (AvgIpc) is 3.00. The lowest BCUT2D eigenvalue weighted by Gasteiger charge is -2.07.